The maximum atomic E-state index is 12.8. The number of aryl methyl sites for hydroxylation is 1. The first-order chi connectivity index (χ1) is 12.3. The first kappa shape index (κ1) is 18.8. The Morgan fingerprint density at radius 3 is 2.42 bits per heavy atom. The maximum Gasteiger partial charge on any atom is 0.332 e. The molecule has 0 fully saturated rings. The Hall–Kier alpha value is -1.99. The topological polar surface area (TPSA) is 61.8 Å². The van der Waals surface area contributed by atoms with Crippen LogP contribution in [0.5, 0.6) is 0 Å². The minimum atomic E-state index is -0.376. The van der Waals surface area contributed by atoms with Crippen molar-refractivity contribution >= 4 is 34.5 Å². The third-order valence-corrected chi connectivity index (χ3v) is 5.96. The lowest BCUT2D eigenvalue weighted by Crippen LogP contribution is -2.37. The van der Waals surface area contributed by atoms with Crippen molar-refractivity contribution in [3.8, 4) is 0 Å². The molecule has 0 spiro atoms. The summed E-state index contributed by atoms with van der Waals surface area (Å²) >= 11 is 7.59. The van der Waals surface area contributed by atoms with Gasteiger partial charge in [0.05, 0.1) is 6.54 Å². The van der Waals surface area contributed by atoms with E-state index < -0.39 is 0 Å². The molecule has 0 aliphatic heterocycles. The molecule has 3 rings (SSSR count). The molecule has 1 unspecified atom stereocenters. The van der Waals surface area contributed by atoms with Gasteiger partial charge in [0.25, 0.3) is 5.56 Å². The number of thioether (sulfide) groups is 1. The lowest BCUT2D eigenvalue weighted by Gasteiger charge is -2.12. The van der Waals surface area contributed by atoms with Gasteiger partial charge in [-0.25, -0.2) is 9.78 Å². The predicted octanol–water partition coefficient (Wildman–Crippen LogP) is 3.03. The molecule has 2 aromatic heterocycles. The van der Waals surface area contributed by atoms with Crippen LogP contribution in [-0.2, 0) is 20.6 Å². The van der Waals surface area contributed by atoms with Gasteiger partial charge < -0.3 is 4.57 Å². The lowest BCUT2D eigenvalue weighted by molar-refractivity contribution is 0.696. The Kier molecular flexibility index (Phi) is 5.29. The molecule has 8 heteroatoms. The van der Waals surface area contributed by atoms with Gasteiger partial charge in [-0.2, -0.15) is 0 Å². The SMILES string of the molecule is CCC(C)Sc1nc2c(c(=O)n(C)c(=O)n2C)n1Cc1ccc(Cl)cc1. The highest BCUT2D eigenvalue weighted by molar-refractivity contribution is 7.99. The van der Waals surface area contributed by atoms with Crippen molar-refractivity contribution in [3.05, 3.63) is 55.7 Å². The summed E-state index contributed by atoms with van der Waals surface area (Å²) in [6.45, 7) is 4.71. The summed E-state index contributed by atoms with van der Waals surface area (Å²) in [5.41, 5.74) is 1.16. The van der Waals surface area contributed by atoms with Gasteiger partial charge in [-0.15, -0.1) is 0 Å². The van der Waals surface area contributed by atoms with Crippen LogP contribution in [0, 0.1) is 0 Å². The smallest absolute Gasteiger partial charge is 0.309 e. The zero-order valence-corrected chi connectivity index (χ0v) is 16.8. The molecule has 0 N–H and O–H groups in total. The number of imidazole rings is 1. The second-order valence-corrected chi connectivity index (χ2v) is 8.16. The molecule has 3 aromatic rings. The van der Waals surface area contributed by atoms with Crippen LogP contribution in [-0.4, -0.2) is 23.9 Å². The molecular weight excluding hydrogens is 372 g/mol. The highest BCUT2D eigenvalue weighted by Gasteiger charge is 2.20. The molecule has 0 aliphatic rings. The standard InChI is InChI=1S/C18H21ClN4O2S/c1-5-11(2)26-17-20-15-14(16(24)22(4)18(25)21(15)3)23(17)10-12-6-8-13(19)9-7-12/h6-9,11H,5,10H2,1-4H3. The summed E-state index contributed by atoms with van der Waals surface area (Å²) in [5.74, 6) is 0. The van der Waals surface area contributed by atoms with Crippen LogP contribution in [0.15, 0.2) is 39.0 Å². The van der Waals surface area contributed by atoms with E-state index >= 15 is 0 Å². The van der Waals surface area contributed by atoms with E-state index in [4.69, 9.17) is 11.6 Å². The first-order valence-corrected chi connectivity index (χ1v) is 9.66. The average Bonchev–Trinajstić information content (AvgIpc) is 2.98. The molecule has 6 nitrogen and oxygen atoms in total. The quantitative estimate of drug-likeness (QED) is 0.626. The number of hydrogen-bond acceptors (Lipinski definition) is 4. The summed E-state index contributed by atoms with van der Waals surface area (Å²) in [4.78, 5) is 29.7. The van der Waals surface area contributed by atoms with Crippen LogP contribution in [0.2, 0.25) is 5.02 Å². The van der Waals surface area contributed by atoms with Crippen molar-refractivity contribution in [1.82, 2.24) is 18.7 Å². The zero-order valence-electron chi connectivity index (χ0n) is 15.2. The molecule has 138 valence electrons. The molecule has 0 radical (unpaired) electrons. The van der Waals surface area contributed by atoms with Crippen LogP contribution >= 0.6 is 23.4 Å². The predicted molar refractivity (Wildman–Crippen MR) is 106 cm³/mol. The molecule has 26 heavy (non-hydrogen) atoms. The zero-order chi connectivity index (χ0) is 19.0. The van der Waals surface area contributed by atoms with Crippen molar-refractivity contribution in [2.75, 3.05) is 0 Å². The fraction of sp³-hybridized carbons (Fsp3) is 0.389. The van der Waals surface area contributed by atoms with Crippen LogP contribution in [0.1, 0.15) is 25.8 Å². The molecule has 0 amide bonds. The van der Waals surface area contributed by atoms with Gasteiger partial charge in [-0.3, -0.25) is 13.9 Å². The second kappa shape index (κ2) is 7.32. The molecule has 0 saturated carbocycles. The van der Waals surface area contributed by atoms with E-state index in [1.54, 1.807) is 18.8 Å². The second-order valence-electron chi connectivity index (χ2n) is 6.32. The summed E-state index contributed by atoms with van der Waals surface area (Å²) in [6.07, 6.45) is 0.978. The highest BCUT2D eigenvalue weighted by Crippen LogP contribution is 2.27. The Bertz CT molecular complexity index is 1070. The number of halogens is 1. The van der Waals surface area contributed by atoms with E-state index in [0.29, 0.717) is 28.0 Å². The molecule has 0 bridgehead atoms. The molecule has 0 saturated heterocycles. The van der Waals surface area contributed by atoms with E-state index in [9.17, 15) is 9.59 Å². The number of rotatable bonds is 5. The van der Waals surface area contributed by atoms with Crippen molar-refractivity contribution in [2.24, 2.45) is 14.1 Å². The van der Waals surface area contributed by atoms with Crippen molar-refractivity contribution in [2.45, 2.75) is 37.2 Å². The fourth-order valence-electron chi connectivity index (χ4n) is 2.70. The summed E-state index contributed by atoms with van der Waals surface area (Å²) in [5, 5.41) is 1.75. The third-order valence-electron chi connectivity index (χ3n) is 4.45. The van der Waals surface area contributed by atoms with E-state index in [0.717, 1.165) is 21.7 Å². The Labute approximate surface area is 160 Å². The lowest BCUT2D eigenvalue weighted by atomic mass is 10.2. The number of aromatic nitrogens is 4. The third kappa shape index (κ3) is 3.33. The maximum absolute atomic E-state index is 12.8. The average molecular weight is 393 g/mol. The van der Waals surface area contributed by atoms with E-state index in [2.05, 4.69) is 18.8 Å². The summed E-state index contributed by atoms with van der Waals surface area (Å²) < 4.78 is 4.45. The number of hydrogen-bond donors (Lipinski definition) is 0. The van der Waals surface area contributed by atoms with E-state index in [1.807, 2.05) is 28.8 Å². The highest BCUT2D eigenvalue weighted by atomic mass is 35.5. The first-order valence-electron chi connectivity index (χ1n) is 8.40. The van der Waals surface area contributed by atoms with Crippen molar-refractivity contribution in [1.29, 1.82) is 0 Å². The summed E-state index contributed by atoms with van der Waals surface area (Å²) in [6, 6.07) is 7.51. The molecule has 1 aromatic carbocycles. The number of nitrogens with zero attached hydrogens (tertiary/aromatic N) is 4. The minimum absolute atomic E-state index is 0.333. The Morgan fingerprint density at radius 2 is 1.81 bits per heavy atom. The van der Waals surface area contributed by atoms with Gasteiger partial charge in [0.15, 0.2) is 16.3 Å². The molecule has 0 aliphatic carbocycles. The van der Waals surface area contributed by atoms with Crippen LogP contribution < -0.4 is 11.2 Å². The summed E-state index contributed by atoms with van der Waals surface area (Å²) in [7, 11) is 3.13. The van der Waals surface area contributed by atoms with Crippen LogP contribution in [0.4, 0.5) is 0 Å². The molecular formula is C18H21ClN4O2S. The number of fused-ring (bicyclic) bond motifs is 1. The van der Waals surface area contributed by atoms with Gasteiger partial charge in [-0.05, 0) is 24.1 Å². The largest absolute Gasteiger partial charge is 0.332 e. The fourth-order valence-corrected chi connectivity index (χ4v) is 3.77. The number of benzene rings is 1. The monoisotopic (exact) mass is 392 g/mol. The Morgan fingerprint density at radius 1 is 1.15 bits per heavy atom. The van der Waals surface area contributed by atoms with Crippen molar-refractivity contribution in [3.63, 3.8) is 0 Å². The van der Waals surface area contributed by atoms with Crippen LogP contribution in [0.3, 0.4) is 0 Å². The van der Waals surface area contributed by atoms with E-state index in [1.165, 1.54) is 11.6 Å². The van der Waals surface area contributed by atoms with Gasteiger partial charge in [0.2, 0.25) is 0 Å². The van der Waals surface area contributed by atoms with Gasteiger partial charge in [0, 0.05) is 24.4 Å². The molecule has 2 heterocycles. The van der Waals surface area contributed by atoms with Crippen molar-refractivity contribution < 1.29 is 0 Å². The molecule has 1 atom stereocenters. The minimum Gasteiger partial charge on any atom is -0.309 e. The Balaban J connectivity index is 2.25. The van der Waals surface area contributed by atoms with Crippen LogP contribution in [0.25, 0.3) is 11.2 Å². The van der Waals surface area contributed by atoms with E-state index in [-0.39, 0.29) is 11.2 Å². The normalized spacial score (nSPS) is 12.7. The van der Waals surface area contributed by atoms with Gasteiger partial charge >= 0.3 is 5.69 Å². The van der Waals surface area contributed by atoms with Gasteiger partial charge in [-0.1, -0.05) is 49.3 Å². The van der Waals surface area contributed by atoms with Gasteiger partial charge in [0.1, 0.15) is 0 Å².